The Morgan fingerprint density at radius 2 is 2.03 bits per heavy atom. The Kier molecular flexibility index (Phi) is 5.32. The van der Waals surface area contributed by atoms with E-state index in [4.69, 9.17) is 4.42 Å². The predicted molar refractivity (Wildman–Crippen MR) is 124 cm³/mol. The molecule has 1 aliphatic carbocycles. The molecule has 2 unspecified atom stereocenters. The Labute approximate surface area is 190 Å². The third kappa shape index (κ3) is 3.65. The fraction of sp³-hybridized carbons (Fsp3) is 0.478. The Morgan fingerprint density at radius 1 is 1.23 bits per heavy atom. The second kappa shape index (κ2) is 7.84. The molecule has 5 rings (SSSR count). The van der Waals surface area contributed by atoms with Crippen LogP contribution in [0.15, 0.2) is 44.4 Å². The van der Waals surface area contributed by atoms with Crippen LogP contribution >= 0.6 is 27.7 Å². The van der Waals surface area contributed by atoms with E-state index in [-0.39, 0.29) is 0 Å². The lowest BCUT2D eigenvalue weighted by Gasteiger charge is -2.21. The molecule has 0 bridgehead atoms. The normalized spacial score (nSPS) is 23.1. The van der Waals surface area contributed by atoms with Gasteiger partial charge in [-0.15, -0.1) is 10.2 Å². The second-order valence-corrected chi connectivity index (χ2v) is 10.7. The highest BCUT2D eigenvalue weighted by atomic mass is 79.9. The molecular formula is C23H27BrN4OS. The number of hydrogen-bond donors (Lipinski definition) is 0. The van der Waals surface area contributed by atoms with Crippen molar-refractivity contribution in [3.63, 3.8) is 0 Å². The predicted octanol–water partition coefficient (Wildman–Crippen LogP) is 5.21. The van der Waals surface area contributed by atoms with Gasteiger partial charge in [-0.2, -0.15) is 0 Å². The molecule has 0 radical (unpaired) electrons. The lowest BCUT2D eigenvalue weighted by Crippen LogP contribution is -2.27. The standard InChI is InChI=1S/C23H27BrN4OS/c1-15-11-20(16(2)29-15)21-25-26-22(27(21)3)30-10-4-9-28-13-18-12-23(18,14-28)17-5-7-19(24)8-6-17/h5-8,11,18H,4,9-10,12-14H2,1-3H3. The van der Waals surface area contributed by atoms with Gasteiger partial charge in [0.25, 0.3) is 0 Å². The van der Waals surface area contributed by atoms with E-state index in [0.29, 0.717) is 5.41 Å². The maximum Gasteiger partial charge on any atom is 0.191 e. The monoisotopic (exact) mass is 486 g/mol. The third-order valence-electron chi connectivity index (χ3n) is 6.60. The van der Waals surface area contributed by atoms with Crippen LogP contribution < -0.4 is 0 Å². The first-order valence-corrected chi connectivity index (χ1v) is 12.3. The molecule has 2 atom stereocenters. The third-order valence-corrected chi connectivity index (χ3v) is 8.24. The van der Waals surface area contributed by atoms with Gasteiger partial charge in [0.2, 0.25) is 0 Å². The van der Waals surface area contributed by atoms with Crippen LogP contribution in [0.2, 0.25) is 0 Å². The van der Waals surface area contributed by atoms with Crippen LogP contribution in [0.3, 0.4) is 0 Å². The molecule has 1 aliphatic heterocycles. The van der Waals surface area contributed by atoms with Crippen molar-refractivity contribution in [1.29, 1.82) is 0 Å². The molecule has 1 saturated heterocycles. The summed E-state index contributed by atoms with van der Waals surface area (Å²) >= 11 is 5.35. The number of aromatic nitrogens is 3. The summed E-state index contributed by atoms with van der Waals surface area (Å²) in [5.74, 6) is 4.58. The van der Waals surface area contributed by atoms with E-state index >= 15 is 0 Å². The minimum absolute atomic E-state index is 0.424. The molecule has 30 heavy (non-hydrogen) atoms. The molecule has 3 aromatic rings. The largest absolute Gasteiger partial charge is 0.466 e. The van der Waals surface area contributed by atoms with Crippen molar-refractivity contribution in [1.82, 2.24) is 19.7 Å². The number of thioether (sulfide) groups is 1. The second-order valence-electron chi connectivity index (χ2n) is 8.69. The van der Waals surface area contributed by atoms with Gasteiger partial charge in [0.1, 0.15) is 11.5 Å². The summed E-state index contributed by atoms with van der Waals surface area (Å²) in [4.78, 5) is 2.65. The molecule has 1 saturated carbocycles. The van der Waals surface area contributed by atoms with Gasteiger partial charge in [0.15, 0.2) is 11.0 Å². The summed E-state index contributed by atoms with van der Waals surface area (Å²) in [7, 11) is 2.04. The molecule has 1 aromatic carbocycles. The number of furan rings is 1. The van der Waals surface area contributed by atoms with Gasteiger partial charge < -0.3 is 13.9 Å². The number of rotatable bonds is 7. The maximum absolute atomic E-state index is 5.65. The van der Waals surface area contributed by atoms with Crippen molar-refractivity contribution in [3.8, 4) is 11.4 Å². The zero-order valence-corrected chi connectivity index (χ0v) is 20.1. The van der Waals surface area contributed by atoms with Gasteiger partial charge in [0.05, 0.1) is 5.56 Å². The smallest absolute Gasteiger partial charge is 0.191 e. The quantitative estimate of drug-likeness (QED) is 0.338. The number of likely N-dealkylation sites (tertiary alicyclic amines) is 1. The van der Waals surface area contributed by atoms with Crippen molar-refractivity contribution in [2.24, 2.45) is 13.0 Å². The van der Waals surface area contributed by atoms with E-state index in [0.717, 1.165) is 50.8 Å². The summed E-state index contributed by atoms with van der Waals surface area (Å²) in [5, 5.41) is 9.78. The highest BCUT2D eigenvalue weighted by molar-refractivity contribution is 9.10. The van der Waals surface area contributed by atoms with Gasteiger partial charge in [0, 0.05) is 35.8 Å². The number of nitrogens with zero attached hydrogens (tertiary/aromatic N) is 4. The van der Waals surface area contributed by atoms with Crippen molar-refractivity contribution >= 4 is 27.7 Å². The fourth-order valence-electron chi connectivity index (χ4n) is 4.97. The van der Waals surface area contributed by atoms with Crippen molar-refractivity contribution in [3.05, 3.63) is 51.9 Å². The SMILES string of the molecule is Cc1cc(-c2nnc(SCCCN3CC4CC4(c4ccc(Br)cc4)C3)n2C)c(C)o1. The molecule has 0 N–H and O–H groups in total. The Bertz CT molecular complexity index is 1060. The van der Waals surface area contributed by atoms with E-state index in [1.165, 1.54) is 31.5 Å². The van der Waals surface area contributed by atoms with Crippen LogP contribution in [-0.4, -0.2) is 45.1 Å². The number of fused-ring (bicyclic) bond motifs is 1. The molecule has 5 nitrogen and oxygen atoms in total. The molecule has 2 fully saturated rings. The number of halogens is 1. The molecular weight excluding hydrogens is 460 g/mol. The first-order chi connectivity index (χ1) is 14.5. The van der Waals surface area contributed by atoms with Gasteiger partial charge in [-0.05, 0) is 62.9 Å². The topological polar surface area (TPSA) is 47.1 Å². The summed E-state index contributed by atoms with van der Waals surface area (Å²) < 4.78 is 8.89. The van der Waals surface area contributed by atoms with Crippen molar-refractivity contribution < 1.29 is 4.42 Å². The van der Waals surface area contributed by atoms with Gasteiger partial charge in [-0.1, -0.05) is 39.8 Å². The summed E-state index contributed by atoms with van der Waals surface area (Å²) in [6.45, 7) is 7.55. The lowest BCUT2D eigenvalue weighted by molar-refractivity contribution is 0.299. The molecule has 158 valence electrons. The number of benzene rings is 1. The molecule has 2 aromatic heterocycles. The van der Waals surface area contributed by atoms with Crippen LogP contribution in [0.5, 0.6) is 0 Å². The van der Waals surface area contributed by atoms with E-state index in [9.17, 15) is 0 Å². The highest BCUT2D eigenvalue weighted by Crippen LogP contribution is 2.59. The lowest BCUT2D eigenvalue weighted by atomic mass is 9.95. The van der Waals surface area contributed by atoms with Gasteiger partial charge in [-0.3, -0.25) is 0 Å². The average molecular weight is 487 g/mol. The van der Waals surface area contributed by atoms with Crippen molar-refractivity contribution in [2.75, 3.05) is 25.4 Å². The van der Waals surface area contributed by atoms with Crippen LogP contribution in [0.4, 0.5) is 0 Å². The zero-order valence-electron chi connectivity index (χ0n) is 17.7. The Hall–Kier alpha value is -1.57. The van der Waals surface area contributed by atoms with Crippen LogP contribution in [0, 0.1) is 19.8 Å². The first-order valence-electron chi connectivity index (χ1n) is 10.5. The minimum Gasteiger partial charge on any atom is -0.466 e. The molecule has 0 amide bonds. The molecule has 3 heterocycles. The van der Waals surface area contributed by atoms with Crippen LogP contribution in [0.1, 0.15) is 29.9 Å². The maximum atomic E-state index is 5.65. The van der Waals surface area contributed by atoms with Crippen LogP contribution in [-0.2, 0) is 12.5 Å². The Morgan fingerprint density at radius 3 is 2.77 bits per heavy atom. The van der Waals surface area contributed by atoms with Gasteiger partial charge in [-0.25, -0.2) is 0 Å². The number of piperidine rings is 1. The van der Waals surface area contributed by atoms with Crippen LogP contribution in [0.25, 0.3) is 11.4 Å². The molecule has 0 spiro atoms. The van der Waals surface area contributed by atoms with E-state index < -0.39 is 0 Å². The van der Waals surface area contributed by atoms with Gasteiger partial charge >= 0.3 is 0 Å². The average Bonchev–Trinajstić information content (AvgIpc) is 2.97. The zero-order chi connectivity index (χ0) is 20.9. The highest BCUT2D eigenvalue weighted by Gasteiger charge is 2.60. The molecule has 7 heteroatoms. The number of aryl methyl sites for hydroxylation is 2. The van der Waals surface area contributed by atoms with Crippen molar-refractivity contribution in [2.45, 2.75) is 37.3 Å². The minimum atomic E-state index is 0.424. The van der Waals surface area contributed by atoms with E-state index in [1.807, 2.05) is 27.0 Å². The van der Waals surface area contributed by atoms with E-state index in [1.54, 1.807) is 11.8 Å². The number of hydrogen-bond acceptors (Lipinski definition) is 5. The first kappa shape index (κ1) is 20.3. The van der Waals surface area contributed by atoms with E-state index in [2.05, 4.69) is 59.9 Å². The summed E-state index contributed by atoms with van der Waals surface area (Å²) in [5.41, 5.74) is 2.97. The fourth-order valence-corrected chi connectivity index (χ4v) is 6.06. The summed E-state index contributed by atoms with van der Waals surface area (Å²) in [6.07, 6.45) is 2.52. The summed E-state index contributed by atoms with van der Waals surface area (Å²) in [6, 6.07) is 11.0. The Balaban J connectivity index is 1.13. The molecule has 2 aliphatic rings.